The van der Waals surface area contributed by atoms with Crippen molar-refractivity contribution in [3.63, 3.8) is 0 Å². The Kier molecular flexibility index (Phi) is 10.7. The molecule has 0 saturated carbocycles. The molecule has 1 heterocycles. The van der Waals surface area contributed by atoms with Crippen molar-refractivity contribution in [1.82, 2.24) is 5.32 Å². The Balaban J connectivity index is 1.78. The lowest BCUT2D eigenvalue weighted by molar-refractivity contribution is 0.539. The number of nitrogens with two attached hydrogens (primary N) is 1. The summed E-state index contributed by atoms with van der Waals surface area (Å²) < 4.78 is 0. The molecule has 1 aliphatic heterocycles. The third kappa shape index (κ3) is 8.57. The van der Waals surface area contributed by atoms with Crippen LogP contribution in [0.15, 0.2) is 4.99 Å². The summed E-state index contributed by atoms with van der Waals surface area (Å²) in [5.41, 5.74) is 6.11. The van der Waals surface area contributed by atoms with E-state index in [9.17, 15) is 0 Å². The second-order valence-corrected chi connectivity index (χ2v) is 6.12. The van der Waals surface area contributed by atoms with Crippen molar-refractivity contribution >= 4 is 5.84 Å². The molecule has 1 atom stereocenters. The average molecular weight is 281 g/mol. The highest BCUT2D eigenvalue weighted by atomic mass is 15.1. The van der Waals surface area contributed by atoms with Crippen molar-refractivity contribution in [3.05, 3.63) is 0 Å². The van der Waals surface area contributed by atoms with Gasteiger partial charge in [-0.25, -0.2) is 0 Å². The van der Waals surface area contributed by atoms with Crippen LogP contribution in [0.5, 0.6) is 0 Å². The summed E-state index contributed by atoms with van der Waals surface area (Å²) in [6.07, 6.45) is 16.4. The molecule has 1 aliphatic rings. The number of nitrogens with zero attached hydrogens (tertiary/aromatic N) is 1. The van der Waals surface area contributed by atoms with Crippen LogP contribution in [0.3, 0.4) is 0 Å². The first-order valence-electron chi connectivity index (χ1n) is 8.88. The molecule has 0 amide bonds. The molecule has 118 valence electrons. The summed E-state index contributed by atoms with van der Waals surface area (Å²) in [4.78, 5) is 4.39. The van der Waals surface area contributed by atoms with E-state index in [1.807, 2.05) is 0 Å². The molecule has 3 heteroatoms. The molecular formula is C17H35N3. The lowest BCUT2D eigenvalue weighted by Gasteiger charge is -2.11. The molecule has 0 radical (unpaired) electrons. The zero-order valence-corrected chi connectivity index (χ0v) is 13.5. The molecule has 20 heavy (non-hydrogen) atoms. The lowest BCUT2D eigenvalue weighted by Crippen LogP contribution is -2.37. The van der Waals surface area contributed by atoms with Crippen LogP contribution >= 0.6 is 0 Å². The minimum absolute atomic E-state index is 0.149. The maximum Gasteiger partial charge on any atom is 0.113 e. The summed E-state index contributed by atoms with van der Waals surface area (Å²) in [5, 5.41) is 3.27. The number of hydrogen-bond donors (Lipinski definition) is 2. The molecule has 0 aromatic rings. The molecular weight excluding hydrogens is 246 g/mol. The van der Waals surface area contributed by atoms with Gasteiger partial charge < -0.3 is 11.1 Å². The summed E-state index contributed by atoms with van der Waals surface area (Å²) in [6, 6.07) is 0.149. The fraction of sp³-hybridized carbons (Fsp3) is 0.941. The highest BCUT2D eigenvalue weighted by Gasteiger charge is 2.13. The van der Waals surface area contributed by atoms with Gasteiger partial charge in [-0.15, -0.1) is 0 Å². The number of aliphatic imine (C=N–C) groups is 1. The van der Waals surface area contributed by atoms with E-state index in [2.05, 4.69) is 17.2 Å². The number of rotatable bonds is 13. The van der Waals surface area contributed by atoms with Crippen molar-refractivity contribution in [2.45, 2.75) is 90.0 Å². The Morgan fingerprint density at radius 2 is 1.50 bits per heavy atom. The first kappa shape index (κ1) is 17.5. The van der Waals surface area contributed by atoms with E-state index in [4.69, 9.17) is 5.73 Å². The molecule has 0 aromatic heterocycles. The quantitative estimate of drug-likeness (QED) is 0.501. The fourth-order valence-corrected chi connectivity index (χ4v) is 2.83. The van der Waals surface area contributed by atoms with Gasteiger partial charge in [-0.3, -0.25) is 4.99 Å². The molecule has 0 aromatic carbocycles. The first-order valence-corrected chi connectivity index (χ1v) is 8.88. The Morgan fingerprint density at radius 1 is 0.950 bits per heavy atom. The zero-order chi connectivity index (χ0) is 14.5. The second kappa shape index (κ2) is 12.2. The summed E-state index contributed by atoms with van der Waals surface area (Å²) in [7, 11) is 0. The van der Waals surface area contributed by atoms with Crippen molar-refractivity contribution in [2.75, 3.05) is 13.1 Å². The molecule has 0 bridgehead atoms. The van der Waals surface area contributed by atoms with Crippen LogP contribution in [0.25, 0.3) is 0 Å². The zero-order valence-electron chi connectivity index (χ0n) is 13.5. The van der Waals surface area contributed by atoms with Crippen LogP contribution in [0.2, 0.25) is 0 Å². The van der Waals surface area contributed by atoms with Gasteiger partial charge in [0, 0.05) is 6.54 Å². The van der Waals surface area contributed by atoms with Crippen LogP contribution in [0.4, 0.5) is 0 Å². The van der Waals surface area contributed by atoms with Crippen LogP contribution in [0.1, 0.15) is 84.0 Å². The molecule has 0 aliphatic carbocycles. The van der Waals surface area contributed by atoms with Gasteiger partial charge in [0.05, 0.1) is 12.6 Å². The highest BCUT2D eigenvalue weighted by Crippen LogP contribution is 2.12. The fourth-order valence-electron chi connectivity index (χ4n) is 2.83. The van der Waals surface area contributed by atoms with Crippen molar-refractivity contribution in [2.24, 2.45) is 10.7 Å². The van der Waals surface area contributed by atoms with E-state index in [0.29, 0.717) is 0 Å². The van der Waals surface area contributed by atoms with E-state index in [1.165, 1.54) is 70.6 Å². The summed E-state index contributed by atoms with van der Waals surface area (Å²) in [6.45, 7) is 4.16. The Bertz CT molecular complexity index is 251. The van der Waals surface area contributed by atoms with Gasteiger partial charge in [0.2, 0.25) is 0 Å². The van der Waals surface area contributed by atoms with E-state index in [0.717, 1.165) is 25.3 Å². The predicted molar refractivity (Wildman–Crippen MR) is 89.4 cm³/mol. The molecule has 0 fully saturated rings. The van der Waals surface area contributed by atoms with Gasteiger partial charge in [-0.1, -0.05) is 77.6 Å². The SMILES string of the molecule is CCCCCCCCCCCCCC(N)C1=NCCN1. The monoisotopic (exact) mass is 281 g/mol. The van der Waals surface area contributed by atoms with E-state index >= 15 is 0 Å². The standard InChI is InChI=1S/C17H35N3/c1-2-3-4-5-6-7-8-9-10-11-12-13-16(18)17-19-14-15-20-17/h16H,2-15,18H2,1H3,(H,19,20). The maximum absolute atomic E-state index is 6.11. The summed E-state index contributed by atoms with van der Waals surface area (Å²) >= 11 is 0. The number of unbranched alkanes of at least 4 members (excludes halogenated alkanes) is 10. The molecule has 0 spiro atoms. The minimum atomic E-state index is 0.149. The molecule has 0 saturated heterocycles. The van der Waals surface area contributed by atoms with Crippen LogP contribution < -0.4 is 11.1 Å². The molecule has 3 N–H and O–H groups in total. The van der Waals surface area contributed by atoms with E-state index < -0.39 is 0 Å². The lowest BCUT2D eigenvalue weighted by atomic mass is 10.0. The Labute approximate surface area is 125 Å². The van der Waals surface area contributed by atoms with Crippen LogP contribution in [0, 0.1) is 0 Å². The van der Waals surface area contributed by atoms with Gasteiger partial charge in [0.25, 0.3) is 0 Å². The number of amidine groups is 1. The van der Waals surface area contributed by atoms with Crippen LogP contribution in [-0.4, -0.2) is 25.0 Å². The first-order chi connectivity index (χ1) is 9.84. The van der Waals surface area contributed by atoms with Gasteiger partial charge in [-0.2, -0.15) is 0 Å². The molecule has 3 nitrogen and oxygen atoms in total. The number of nitrogens with one attached hydrogen (secondary N) is 1. The molecule has 1 rings (SSSR count). The van der Waals surface area contributed by atoms with Gasteiger partial charge in [0.1, 0.15) is 5.84 Å². The van der Waals surface area contributed by atoms with Crippen molar-refractivity contribution in [3.8, 4) is 0 Å². The average Bonchev–Trinajstić information content (AvgIpc) is 2.99. The third-order valence-corrected chi connectivity index (χ3v) is 4.17. The Hall–Kier alpha value is -0.570. The Morgan fingerprint density at radius 3 is 2.00 bits per heavy atom. The smallest absolute Gasteiger partial charge is 0.113 e. The largest absolute Gasteiger partial charge is 0.371 e. The second-order valence-electron chi connectivity index (χ2n) is 6.12. The number of hydrogen-bond acceptors (Lipinski definition) is 3. The van der Waals surface area contributed by atoms with Crippen molar-refractivity contribution < 1.29 is 0 Å². The maximum atomic E-state index is 6.11. The predicted octanol–water partition coefficient (Wildman–Crippen LogP) is 4.02. The summed E-state index contributed by atoms with van der Waals surface area (Å²) in [5.74, 6) is 1.04. The van der Waals surface area contributed by atoms with E-state index in [1.54, 1.807) is 0 Å². The minimum Gasteiger partial charge on any atom is -0.371 e. The van der Waals surface area contributed by atoms with Gasteiger partial charge in [0.15, 0.2) is 0 Å². The normalized spacial score (nSPS) is 16.0. The molecule has 1 unspecified atom stereocenters. The van der Waals surface area contributed by atoms with Crippen LogP contribution in [-0.2, 0) is 0 Å². The topological polar surface area (TPSA) is 50.4 Å². The van der Waals surface area contributed by atoms with Crippen molar-refractivity contribution in [1.29, 1.82) is 0 Å². The third-order valence-electron chi connectivity index (χ3n) is 4.17. The van der Waals surface area contributed by atoms with Gasteiger partial charge in [-0.05, 0) is 6.42 Å². The highest BCUT2D eigenvalue weighted by molar-refractivity contribution is 5.88. The van der Waals surface area contributed by atoms with Gasteiger partial charge >= 0.3 is 0 Å². The van der Waals surface area contributed by atoms with E-state index in [-0.39, 0.29) is 6.04 Å².